The summed E-state index contributed by atoms with van der Waals surface area (Å²) in [7, 11) is 1.22. The van der Waals surface area contributed by atoms with Crippen LogP contribution in [0.5, 0.6) is 0 Å². The number of nitrogens with one attached hydrogen (secondary N) is 3. The van der Waals surface area contributed by atoms with Gasteiger partial charge in [0.2, 0.25) is 17.7 Å². The third kappa shape index (κ3) is 7.47. The van der Waals surface area contributed by atoms with Crippen molar-refractivity contribution in [1.29, 1.82) is 0 Å². The predicted octanol–water partition coefficient (Wildman–Crippen LogP) is -0.472. The Labute approximate surface area is 146 Å². The lowest BCUT2D eigenvalue weighted by Crippen LogP contribution is -2.53. The van der Waals surface area contributed by atoms with Gasteiger partial charge >= 0.3 is 5.97 Å². The van der Waals surface area contributed by atoms with E-state index in [2.05, 4.69) is 20.7 Å². The van der Waals surface area contributed by atoms with Crippen LogP contribution in [0.3, 0.4) is 0 Å². The molecule has 25 heavy (non-hydrogen) atoms. The van der Waals surface area contributed by atoms with Gasteiger partial charge in [-0.05, 0) is 12.5 Å². The van der Waals surface area contributed by atoms with Gasteiger partial charge in [-0.15, -0.1) is 0 Å². The number of carbonyl (C=O) groups excluding carboxylic acids is 4. The second-order valence-electron chi connectivity index (χ2n) is 5.47. The van der Waals surface area contributed by atoms with E-state index in [0.29, 0.717) is 0 Å². The first-order chi connectivity index (χ1) is 11.8. The number of carbonyl (C=O) groups is 4. The zero-order chi connectivity index (χ0) is 18.8. The van der Waals surface area contributed by atoms with E-state index >= 15 is 0 Å². The van der Waals surface area contributed by atoms with Crippen molar-refractivity contribution in [2.24, 2.45) is 0 Å². The quantitative estimate of drug-likeness (QED) is 0.549. The molecule has 8 heteroatoms. The summed E-state index contributed by atoms with van der Waals surface area (Å²) >= 11 is 0. The topological polar surface area (TPSA) is 114 Å². The van der Waals surface area contributed by atoms with E-state index in [-0.39, 0.29) is 18.9 Å². The van der Waals surface area contributed by atoms with Gasteiger partial charge in [-0.2, -0.15) is 0 Å². The molecule has 1 aromatic carbocycles. The molecule has 0 aliphatic heterocycles. The second kappa shape index (κ2) is 10.1. The normalized spacial score (nSPS) is 12.4. The van der Waals surface area contributed by atoms with Crippen LogP contribution in [0.25, 0.3) is 0 Å². The number of methoxy groups -OCH3 is 1. The molecule has 1 rings (SSSR count). The monoisotopic (exact) mass is 349 g/mol. The Kier molecular flexibility index (Phi) is 8.11. The number of hydrogen-bond acceptors (Lipinski definition) is 5. The van der Waals surface area contributed by atoms with Crippen molar-refractivity contribution in [2.45, 2.75) is 32.4 Å². The van der Waals surface area contributed by atoms with Crippen molar-refractivity contribution < 1.29 is 23.9 Å². The largest absolute Gasteiger partial charge is 0.468 e. The van der Waals surface area contributed by atoms with Gasteiger partial charge in [0.25, 0.3) is 0 Å². The van der Waals surface area contributed by atoms with Crippen LogP contribution in [0.2, 0.25) is 0 Å². The fraction of sp³-hybridized carbons (Fsp3) is 0.412. The summed E-state index contributed by atoms with van der Waals surface area (Å²) in [6, 6.07) is 7.45. The molecular weight excluding hydrogens is 326 g/mol. The molecule has 0 bridgehead atoms. The average molecular weight is 349 g/mol. The first kappa shape index (κ1) is 20.1. The minimum atomic E-state index is -0.893. The molecule has 0 unspecified atom stereocenters. The molecule has 136 valence electrons. The van der Waals surface area contributed by atoms with Gasteiger partial charge in [-0.1, -0.05) is 30.3 Å². The van der Waals surface area contributed by atoms with Crippen molar-refractivity contribution in [2.75, 3.05) is 13.7 Å². The zero-order valence-electron chi connectivity index (χ0n) is 14.5. The Morgan fingerprint density at radius 3 is 2.24 bits per heavy atom. The fourth-order valence-electron chi connectivity index (χ4n) is 2.08. The van der Waals surface area contributed by atoms with E-state index in [9.17, 15) is 19.2 Å². The Morgan fingerprint density at radius 1 is 1.04 bits per heavy atom. The minimum absolute atomic E-state index is 0.242. The molecule has 0 aromatic heterocycles. The molecule has 0 aliphatic rings. The van der Waals surface area contributed by atoms with Crippen molar-refractivity contribution in [1.82, 2.24) is 16.0 Å². The smallest absolute Gasteiger partial charge is 0.325 e. The van der Waals surface area contributed by atoms with Crippen molar-refractivity contribution in [3.05, 3.63) is 35.9 Å². The van der Waals surface area contributed by atoms with Crippen molar-refractivity contribution in [3.8, 4) is 0 Å². The molecule has 0 saturated carbocycles. The summed E-state index contributed by atoms with van der Waals surface area (Å²) in [4.78, 5) is 46.7. The fourth-order valence-corrected chi connectivity index (χ4v) is 2.08. The van der Waals surface area contributed by atoms with E-state index < -0.39 is 29.9 Å². The lowest BCUT2D eigenvalue weighted by Gasteiger charge is -2.21. The Bertz CT molecular complexity index is 618. The molecule has 0 aliphatic carbocycles. The van der Waals surface area contributed by atoms with E-state index in [0.717, 1.165) is 5.56 Å². The van der Waals surface area contributed by atoms with Crippen LogP contribution >= 0.6 is 0 Å². The molecule has 2 atom stereocenters. The molecule has 0 saturated heterocycles. The summed E-state index contributed by atoms with van der Waals surface area (Å²) in [6.07, 6.45) is 0.242. The summed E-state index contributed by atoms with van der Waals surface area (Å²) < 4.78 is 4.47. The average Bonchev–Trinajstić information content (AvgIpc) is 2.58. The standard InChI is InChI=1S/C17H23N3O5/c1-11(19-12(2)21)16(23)20-14(9-13-7-5-4-6-8-13)17(24)18-10-15(22)25-3/h4-8,11,14H,9-10H2,1-3H3,(H,18,24)(H,19,21)(H,20,23)/t11-,14+/m0/s1. The molecule has 1 aromatic rings. The van der Waals surface area contributed by atoms with Gasteiger partial charge in [0, 0.05) is 13.3 Å². The predicted molar refractivity (Wildman–Crippen MR) is 90.4 cm³/mol. The third-order valence-electron chi connectivity index (χ3n) is 3.36. The van der Waals surface area contributed by atoms with E-state index in [1.54, 1.807) is 0 Å². The van der Waals surface area contributed by atoms with E-state index in [1.807, 2.05) is 30.3 Å². The number of rotatable bonds is 8. The molecule has 3 amide bonds. The highest BCUT2D eigenvalue weighted by Crippen LogP contribution is 2.04. The summed E-state index contributed by atoms with van der Waals surface area (Å²) in [5.41, 5.74) is 0.841. The lowest BCUT2D eigenvalue weighted by molar-refractivity contribution is -0.141. The van der Waals surface area contributed by atoms with Crippen molar-refractivity contribution in [3.63, 3.8) is 0 Å². The molecule has 8 nitrogen and oxygen atoms in total. The van der Waals surface area contributed by atoms with Crippen LogP contribution < -0.4 is 16.0 Å². The van der Waals surface area contributed by atoms with Crippen LogP contribution in [-0.2, 0) is 30.3 Å². The highest BCUT2D eigenvalue weighted by atomic mass is 16.5. The van der Waals surface area contributed by atoms with Gasteiger partial charge in [0.05, 0.1) is 7.11 Å². The van der Waals surface area contributed by atoms with Gasteiger partial charge < -0.3 is 20.7 Å². The zero-order valence-corrected chi connectivity index (χ0v) is 14.5. The highest BCUT2D eigenvalue weighted by molar-refractivity contribution is 5.92. The Balaban J connectivity index is 2.79. The third-order valence-corrected chi connectivity index (χ3v) is 3.36. The maximum atomic E-state index is 12.3. The summed E-state index contributed by atoms with van der Waals surface area (Å²) in [6.45, 7) is 2.52. The molecule has 0 heterocycles. The molecule has 3 N–H and O–H groups in total. The van der Waals surface area contributed by atoms with Gasteiger partial charge in [0.15, 0.2) is 0 Å². The highest BCUT2D eigenvalue weighted by Gasteiger charge is 2.24. The van der Waals surface area contributed by atoms with Crippen LogP contribution in [0.15, 0.2) is 30.3 Å². The van der Waals surface area contributed by atoms with Crippen LogP contribution in [0.1, 0.15) is 19.4 Å². The first-order valence-electron chi connectivity index (χ1n) is 7.79. The summed E-state index contributed by atoms with van der Waals surface area (Å²) in [5, 5.41) is 7.47. The van der Waals surface area contributed by atoms with E-state index in [4.69, 9.17) is 0 Å². The Morgan fingerprint density at radius 2 is 1.68 bits per heavy atom. The van der Waals surface area contributed by atoms with Gasteiger partial charge in [0.1, 0.15) is 18.6 Å². The lowest BCUT2D eigenvalue weighted by atomic mass is 10.0. The SMILES string of the molecule is COC(=O)CNC(=O)[C@@H](Cc1ccccc1)NC(=O)[C@H](C)NC(C)=O. The second-order valence-corrected chi connectivity index (χ2v) is 5.47. The number of hydrogen-bond donors (Lipinski definition) is 3. The number of benzene rings is 1. The van der Waals surface area contributed by atoms with Crippen LogP contribution in [0.4, 0.5) is 0 Å². The molecule has 0 radical (unpaired) electrons. The Hall–Kier alpha value is -2.90. The number of ether oxygens (including phenoxy) is 1. The van der Waals surface area contributed by atoms with Crippen LogP contribution in [0, 0.1) is 0 Å². The summed E-state index contributed by atoms with van der Waals surface area (Å²) in [5.74, 6) is -1.95. The van der Waals surface area contributed by atoms with Gasteiger partial charge in [-0.25, -0.2) is 0 Å². The van der Waals surface area contributed by atoms with E-state index in [1.165, 1.54) is 21.0 Å². The molecular formula is C17H23N3O5. The number of amides is 3. The van der Waals surface area contributed by atoms with Gasteiger partial charge in [-0.3, -0.25) is 19.2 Å². The van der Waals surface area contributed by atoms with Crippen molar-refractivity contribution >= 4 is 23.7 Å². The van der Waals surface area contributed by atoms with Crippen LogP contribution in [-0.4, -0.2) is 49.4 Å². The number of esters is 1. The maximum Gasteiger partial charge on any atom is 0.325 e. The molecule has 0 spiro atoms. The maximum absolute atomic E-state index is 12.3. The molecule has 0 fully saturated rings. The minimum Gasteiger partial charge on any atom is -0.468 e. The first-order valence-corrected chi connectivity index (χ1v) is 7.79.